The Hall–Kier alpha value is -1.84. The van der Waals surface area contributed by atoms with Crippen molar-refractivity contribution in [1.29, 1.82) is 0 Å². The van der Waals surface area contributed by atoms with Crippen LogP contribution in [0.5, 0.6) is 0 Å². The molecule has 1 aliphatic rings. The van der Waals surface area contributed by atoms with Gasteiger partial charge in [0.2, 0.25) is 5.82 Å². The average molecular weight is 349 g/mol. The van der Waals surface area contributed by atoms with Gasteiger partial charge in [-0.05, 0) is 18.8 Å². The number of nitrogens with zero attached hydrogens (tertiary/aromatic N) is 4. The van der Waals surface area contributed by atoms with Crippen LogP contribution in [0, 0.1) is 5.41 Å². The lowest BCUT2D eigenvalue weighted by Gasteiger charge is -2.31. The monoisotopic (exact) mass is 349 g/mol. The van der Waals surface area contributed by atoms with E-state index in [0.29, 0.717) is 13.0 Å². The van der Waals surface area contributed by atoms with Crippen LogP contribution in [-0.2, 0) is 19.3 Å². The van der Waals surface area contributed by atoms with E-state index < -0.39 is 18.1 Å². The van der Waals surface area contributed by atoms with Crippen LogP contribution in [0.4, 0.5) is 18.0 Å². The highest BCUT2D eigenvalue weighted by atomic mass is 19.4. The second kappa shape index (κ2) is 6.58. The fraction of sp³-hybridized carbons (Fsp3) is 0.786. The van der Waals surface area contributed by atoms with Gasteiger partial charge in [-0.1, -0.05) is 13.8 Å². The van der Waals surface area contributed by atoms with Gasteiger partial charge in [0, 0.05) is 19.6 Å². The number of alkyl halides is 3. The largest absolute Gasteiger partial charge is 0.451 e. The highest BCUT2D eigenvalue weighted by Gasteiger charge is 2.40. The molecule has 0 saturated heterocycles. The maximum atomic E-state index is 12.8. The van der Waals surface area contributed by atoms with Crippen LogP contribution >= 0.6 is 0 Å². The molecule has 1 unspecified atom stereocenters. The molecule has 1 atom stereocenters. The first-order chi connectivity index (χ1) is 11.0. The molecule has 2 heterocycles. The molecule has 10 heteroatoms. The SMILES string of the molecule is CC(O)CC(C)(C)CNC(=O)N1CCn2c(nnc2C(F)(F)F)C1. The average Bonchev–Trinajstić information content (AvgIpc) is 2.86. The van der Waals surface area contributed by atoms with E-state index in [0.717, 1.165) is 4.57 Å². The molecule has 1 aromatic heterocycles. The van der Waals surface area contributed by atoms with Crippen LogP contribution in [0.1, 0.15) is 38.8 Å². The van der Waals surface area contributed by atoms with Crippen molar-refractivity contribution in [3.05, 3.63) is 11.6 Å². The van der Waals surface area contributed by atoms with E-state index in [4.69, 9.17) is 0 Å². The van der Waals surface area contributed by atoms with Crippen molar-refractivity contribution in [3.63, 3.8) is 0 Å². The normalized spacial score (nSPS) is 16.7. The van der Waals surface area contributed by atoms with Gasteiger partial charge in [0.1, 0.15) is 0 Å². The summed E-state index contributed by atoms with van der Waals surface area (Å²) in [7, 11) is 0. The Kier molecular flexibility index (Phi) is 5.07. The Morgan fingerprint density at radius 1 is 1.33 bits per heavy atom. The molecule has 7 nitrogen and oxygen atoms in total. The first-order valence-corrected chi connectivity index (χ1v) is 7.70. The molecule has 1 aromatic rings. The lowest BCUT2D eigenvalue weighted by molar-refractivity contribution is -0.147. The van der Waals surface area contributed by atoms with Crippen molar-refractivity contribution in [3.8, 4) is 0 Å². The van der Waals surface area contributed by atoms with Gasteiger partial charge in [0.25, 0.3) is 0 Å². The van der Waals surface area contributed by atoms with Crippen LogP contribution in [-0.4, -0.2) is 50.0 Å². The summed E-state index contributed by atoms with van der Waals surface area (Å²) in [6, 6.07) is -0.364. The third-order valence-electron chi connectivity index (χ3n) is 3.86. The summed E-state index contributed by atoms with van der Waals surface area (Å²) in [6.45, 7) is 6.00. The third-order valence-corrected chi connectivity index (χ3v) is 3.86. The van der Waals surface area contributed by atoms with E-state index in [-0.39, 0.29) is 36.9 Å². The molecule has 2 amide bonds. The molecule has 0 radical (unpaired) electrons. The molecular formula is C14H22F3N5O2. The number of hydrogen-bond acceptors (Lipinski definition) is 4. The van der Waals surface area contributed by atoms with Crippen LogP contribution in [0.15, 0.2) is 0 Å². The van der Waals surface area contributed by atoms with E-state index in [9.17, 15) is 23.1 Å². The molecule has 2 N–H and O–H groups in total. The van der Waals surface area contributed by atoms with Crippen molar-refractivity contribution in [2.24, 2.45) is 5.41 Å². The lowest BCUT2D eigenvalue weighted by atomic mass is 9.87. The Morgan fingerprint density at radius 2 is 2.00 bits per heavy atom. The van der Waals surface area contributed by atoms with Crippen LogP contribution in [0.3, 0.4) is 0 Å². The smallest absolute Gasteiger partial charge is 0.393 e. The maximum Gasteiger partial charge on any atom is 0.451 e. The first-order valence-electron chi connectivity index (χ1n) is 7.70. The molecule has 0 aromatic carbocycles. The van der Waals surface area contributed by atoms with E-state index >= 15 is 0 Å². The number of rotatable bonds is 4. The Morgan fingerprint density at radius 3 is 2.58 bits per heavy atom. The topological polar surface area (TPSA) is 83.3 Å². The third kappa shape index (κ3) is 4.37. The van der Waals surface area contributed by atoms with Crippen LogP contribution < -0.4 is 5.32 Å². The van der Waals surface area contributed by atoms with Crippen LogP contribution in [0.2, 0.25) is 0 Å². The zero-order chi connectivity index (χ0) is 18.1. The van der Waals surface area contributed by atoms with Crippen molar-refractivity contribution in [2.45, 2.75) is 52.6 Å². The lowest BCUT2D eigenvalue weighted by Crippen LogP contribution is -2.47. The summed E-state index contributed by atoms with van der Waals surface area (Å²) < 4.78 is 39.4. The predicted molar refractivity (Wildman–Crippen MR) is 78.9 cm³/mol. The minimum absolute atomic E-state index is 0.00165. The molecule has 0 saturated carbocycles. The van der Waals surface area contributed by atoms with Crippen molar-refractivity contribution in [1.82, 2.24) is 25.0 Å². The molecule has 0 aliphatic carbocycles. The molecule has 2 rings (SSSR count). The summed E-state index contributed by atoms with van der Waals surface area (Å²) in [6.07, 6.45) is -4.51. The zero-order valence-electron chi connectivity index (χ0n) is 13.9. The van der Waals surface area contributed by atoms with Gasteiger partial charge in [0.05, 0.1) is 12.6 Å². The number of nitrogens with one attached hydrogen (secondary N) is 1. The summed E-state index contributed by atoms with van der Waals surface area (Å²) in [5.74, 6) is -0.914. The summed E-state index contributed by atoms with van der Waals surface area (Å²) in [5.41, 5.74) is -0.289. The number of aliphatic hydroxyl groups excluding tert-OH is 1. The fourth-order valence-electron chi connectivity index (χ4n) is 2.84. The Labute approximate surface area is 137 Å². The van der Waals surface area contributed by atoms with E-state index in [2.05, 4.69) is 15.5 Å². The number of urea groups is 1. The van der Waals surface area contributed by atoms with Gasteiger partial charge >= 0.3 is 12.2 Å². The first kappa shape index (κ1) is 18.5. The van der Waals surface area contributed by atoms with Crippen LogP contribution in [0.25, 0.3) is 0 Å². The molecule has 24 heavy (non-hydrogen) atoms. The maximum absolute atomic E-state index is 12.8. The molecule has 136 valence electrons. The second-order valence-electron chi connectivity index (χ2n) is 6.89. The van der Waals surface area contributed by atoms with Crippen molar-refractivity contribution >= 4 is 6.03 Å². The van der Waals surface area contributed by atoms with Gasteiger partial charge in [-0.2, -0.15) is 13.2 Å². The number of halogens is 3. The molecule has 0 bridgehead atoms. The minimum Gasteiger partial charge on any atom is -0.393 e. The second-order valence-corrected chi connectivity index (χ2v) is 6.89. The molecule has 0 spiro atoms. The zero-order valence-corrected chi connectivity index (χ0v) is 13.9. The van der Waals surface area contributed by atoms with Gasteiger partial charge < -0.3 is 19.9 Å². The summed E-state index contributed by atoms with van der Waals surface area (Å²) in [5, 5.41) is 18.9. The number of carbonyl (C=O) groups excluding carboxylic acids is 1. The molecular weight excluding hydrogens is 327 g/mol. The van der Waals surface area contributed by atoms with E-state index in [1.807, 2.05) is 13.8 Å². The standard InChI is InChI=1S/C14H22F3N5O2/c1-9(23)6-13(2,3)8-18-12(24)21-4-5-22-10(7-21)19-20-11(22)14(15,16)17/h9,23H,4-8H2,1-3H3,(H,18,24). The Balaban J connectivity index is 1.96. The highest BCUT2D eigenvalue weighted by molar-refractivity contribution is 5.74. The Bertz CT molecular complexity index is 598. The van der Waals surface area contributed by atoms with Gasteiger partial charge in [-0.25, -0.2) is 4.79 Å². The summed E-state index contributed by atoms with van der Waals surface area (Å²) >= 11 is 0. The van der Waals surface area contributed by atoms with Gasteiger partial charge in [0.15, 0.2) is 5.82 Å². The van der Waals surface area contributed by atoms with Gasteiger partial charge in [-0.3, -0.25) is 0 Å². The van der Waals surface area contributed by atoms with Crippen molar-refractivity contribution < 1.29 is 23.1 Å². The van der Waals surface area contributed by atoms with E-state index in [1.165, 1.54) is 4.90 Å². The number of aliphatic hydroxyl groups is 1. The number of aromatic nitrogens is 3. The van der Waals surface area contributed by atoms with E-state index in [1.54, 1.807) is 6.92 Å². The number of amides is 2. The van der Waals surface area contributed by atoms with Gasteiger partial charge in [-0.15, -0.1) is 10.2 Å². The number of hydrogen-bond donors (Lipinski definition) is 2. The predicted octanol–water partition coefficient (Wildman–Crippen LogP) is 1.62. The van der Waals surface area contributed by atoms with Crippen molar-refractivity contribution in [2.75, 3.05) is 13.1 Å². The highest BCUT2D eigenvalue weighted by Crippen LogP contribution is 2.29. The number of carbonyl (C=O) groups is 1. The summed E-state index contributed by atoms with van der Waals surface area (Å²) in [4.78, 5) is 13.6. The quantitative estimate of drug-likeness (QED) is 0.865. The fourth-order valence-corrected chi connectivity index (χ4v) is 2.84. The minimum atomic E-state index is -4.55. The molecule has 1 aliphatic heterocycles. The molecule has 0 fully saturated rings. The number of fused-ring (bicyclic) bond motifs is 1.